The van der Waals surface area contributed by atoms with Crippen LogP contribution in [0.25, 0.3) is 0 Å². The molecule has 0 saturated heterocycles. The average molecular weight is 333 g/mol. The Labute approximate surface area is 142 Å². The number of carbonyl (C=O) groups excluding carboxylic acids is 3. The maximum absolute atomic E-state index is 11.1. The highest BCUT2D eigenvalue weighted by Gasteiger charge is 2.08. The standard InChI is InChI=1S/C8H18N2O.C5H11NO.C2H7N.CHO/c1-5-7(2)8(11)9-6-10(3)4;1-3-4(2)5(6)7;1-3-2;1-2/h7H,5-6H2,1-4H3,(H,9,11);4H,3H2,1-2H3,(H2,6,7);3H,1-2H3;1H/q;;;+1. The summed E-state index contributed by atoms with van der Waals surface area (Å²) in [4.78, 5) is 31.0. The van der Waals surface area contributed by atoms with Crippen molar-refractivity contribution in [2.45, 2.75) is 40.5 Å². The van der Waals surface area contributed by atoms with Gasteiger partial charge in [0.25, 0.3) is 0 Å². The lowest BCUT2D eigenvalue weighted by Gasteiger charge is -2.13. The Kier molecular flexibility index (Phi) is 29.1. The van der Waals surface area contributed by atoms with Gasteiger partial charge in [-0.15, -0.1) is 0 Å². The molecule has 7 nitrogen and oxygen atoms in total. The third-order valence-corrected chi connectivity index (χ3v) is 2.73. The molecular weight excluding hydrogens is 296 g/mol. The predicted molar refractivity (Wildman–Crippen MR) is 96.5 cm³/mol. The van der Waals surface area contributed by atoms with Crippen LogP contribution in [0.1, 0.15) is 40.5 Å². The molecule has 0 aliphatic carbocycles. The fourth-order valence-corrected chi connectivity index (χ4v) is 0.797. The van der Waals surface area contributed by atoms with Crippen LogP contribution in [0.2, 0.25) is 0 Å². The van der Waals surface area contributed by atoms with Gasteiger partial charge in [-0.05, 0) is 41.0 Å². The molecule has 23 heavy (non-hydrogen) atoms. The first-order valence-corrected chi connectivity index (χ1v) is 7.71. The van der Waals surface area contributed by atoms with Gasteiger partial charge < -0.3 is 16.4 Å². The second-order valence-electron chi connectivity index (χ2n) is 5.30. The molecule has 2 atom stereocenters. The molecule has 0 saturated carbocycles. The lowest BCUT2D eigenvalue weighted by molar-refractivity contribution is -0.125. The Bertz CT molecular complexity index is 274. The molecule has 138 valence electrons. The highest BCUT2D eigenvalue weighted by molar-refractivity contribution is 5.78. The minimum absolute atomic E-state index is 0.0417. The lowest BCUT2D eigenvalue weighted by Crippen LogP contribution is -2.36. The minimum Gasteiger partial charge on any atom is -0.369 e. The highest BCUT2D eigenvalue weighted by atomic mass is 16.2. The van der Waals surface area contributed by atoms with Crippen molar-refractivity contribution >= 4 is 18.6 Å². The van der Waals surface area contributed by atoms with Crippen molar-refractivity contribution in [3.8, 4) is 0 Å². The number of hydrogen-bond donors (Lipinski definition) is 3. The molecular formula is C16H37N4O3+. The van der Waals surface area contributed by atoms with Crippen molar-refractivity contribution in [2.75, 3.05) is 34.9 Å². The van der Waals surface area contributed by atoms with E-state index >= 15 is 0 Å². The van der Waals surface area contributed by atoms with Crippen LogP contribution < -0.4 is 16.4 Å². The van der Waals surface area contributed by atoms with Crippen LogP contribution in [0, 0.1) is 11.8 Å². The minimum atomic E-state index is -0.206. The molecule has 0 radical (unpaired) electrons. The molecule has 0 aliphatic heterocycles. The number of carbonyl (C=O) groups is 2. The van der Waals surface area contributed by atoms with Gasteiger partial charge in [-0.25, -0.2) is 0 Å². The number of rotatable bonds is 6. The molecule has 0 rings (SSSR count). The average Bonchev–Trinajstić information content (AvgIpc) is 2.53. The quantitative estimate of drug-likeness (QED) is 0.378. The van der Waals surface area contributed by atoms with Crippen LogP contribution in [0.15, 0.2) is 0 Å². The van der Waals surface area contributed by atoms with Gasteiger partial charge in [-0.2, -0.15) is 0 Å². The zero-order valence-electron chi connectivity index (χ0n) is 16.1. The predicted octanol–water partition coefficient (Wildman–Crippen LogP) is 0.747. The fourth-order valence-electron chi connectivity index (χ4n) is 0.797. The molecule has 0 fully saturated rings. The zero-order valence-corrected chi connectivity index (χ0v) is 16.1. The van der Waals surface area contributed by atoms with Gasteiger partial charge in [0.15, 0.2) is 0 Å². The number of primary amides is 1. The summed E-state index contributed by atoms with van der Waals surface area (Å²) in [7, 11) is 7.60. The molecule has 0 aromatic heterocycles. The molecule has 2 amide bonds. The second-order valence-corrected chi connectivity index (χ2v) is 5.30. The second kappa shape index (κ2) is 22.7. The smallest absolute Gasteiger partial charge is 0.369 e. The van der Waals surface area contributed by atoms with Crippen molar-refractivity contribution in [2.24, 2.45) is 17.6 Å². The highest BCUT2D eigenvalue weighted by Crippen LogP contribution is 1.98. The van der Waals surface area contributed by atoms with Gasteiger partial charge in [0.1, 0.15) is 0 Å². The van der Waals surface area contributed by atoms with E-state index in [0.717, 1.165) is 12.8 Å². The normalized spacial score (nSPS) is 11.3. The third kappa shape index (κ3) is 29.2. The molecule has 0 aromatic carbocycles. The van der Waals surface area contributed by atoms with Crippen molar-refractivity contribution in [3.63, 3.8) is 0 Å². The van der Waals surface area contributed by atoms with E-state index in [1.54, 1.807) is 0 Å². The Morgan fingerprint density at radius 3 is 1.57 bits per heavy atom. The van der Waals surface area contributed by atoms with Gasteiger partial charge in [0.05, 0.1) is 6.67 Å². The van der Waals surface area contributed by atoms with Crippen molar-refractivity contribution in [1.29, 1.82) is 0 Å². The van der Waals surface area contributed by atoms with E-state index < -0.39 is 0 Å². The van der Waals surface area contributed by atoms with E-state index in [1.807, 2.05) is 60.8 Å². The molecule has 0 aromatic rings. The molecule has 0 aliphatic rings. The van der Waals surface area contributed by atoms with E-state index in [0.29, 0.717) is 6.67 Å². The first kappa shape index (κ1) is 29.5. The first-order chi connectivity index (χ1) is 10.7. The maximum atomic E-state index is 11.1. The van der Waals surface area contributed by atoms with Crippen LogP contribution in [0.5, 0.6) is 0 Å². The number of hydrogen-bond acceptors (Lipinski definition) is 5. The Morgan fingerprint density at radius 2 is 1.39 bits per heavy atom. The van der Waals surface area contributed by atoms with Crippen molar-refractivity contribution in [3.05, 3.63) is 0 Å². The summed E-state index contributed by atoms with van der Waals surface area (Å²) in [6.45, 7) is 11.6. The van der Waals surface area contributed by atoms with Gasteiger partial charge in [0.2, 0.25) is 11.8 Å². The van der Waals surface area contributed by atoms with Crippen LogP contribution in [-0.2, 0) is 14.4 Å². The Morgan fingerprint density at radius 1 is 1.04 bits per heavy atom. The molecule has 0 bridgehead atoms. The number of nitrogens with one attached hydrogen (secondary N) is 2. The SMILES string of the molecule is CCC(C)C(=O)NCN(C)C.CCC(C)C(N)=O.CNC.[CH+]=O. The fraction of sp³-hybridized carbons (Fsp3) is 0.812. The summed E-state index contributed by atoms with van der Waals surface area (Å²) >= 11 is 0. The Balaban J connectivity index is -0.000000129. The van der Waals surface area contributed by atoms with Crippen LogP contribution in [-0.4, -0.2) is 58.4 Å². The first-order valence-electron chi connectivity index (χ1n) is 7.71. The molecule has 7 heteroatoms. The van der Waals surface area contributed by atoms with Gasteiger partial charge in [0, 0.05) is 16.6 Å². The van der Waals surface area contributed by atoms with Crippen LogP contribution >= 0.6 is 0 Å². The number of nitrogens with two attached hydrogens (primary N) is 1. The Hall–Kier alpha value is -1.56. The van der Waals surface area contributed by atoms with E-state index in [4.69, 9.17) is 10.5 Å². The monoisotopic (exact) mass is 333 g/mol. The molecule has 2 unspecified atom stereocenters. The molecule has 0 heterocycles. The van der Waals surface area contributed by atoms with Crippen molar-refractivity contribution < 1.29 is 14.4 Å². The van der Waals surface area contributed by atoms with E-state index in [1.165, 1.54) is 0 Å². The summed E-state index contributed by atoms with van der Waals surface area (Å²) in [5, 5.41) is 5.57. The summed E-state index contributed by atoms with van der Waals surface area (Å²) in [6, 6.07) is 0. The van der Waals surface area contributed by atoms with E-state index in [2.05, 4.69) is 17.4 Å². The van der Waals surface area contributed by atoms with Gasteiger partial charge in [-0.1, -0.05) is 27.7 Å². The van der Waals surface area contributed by atoms with E-state index in [-0.39, 0.29) is 23.7 Å². The molecule has 4 N–H and O–H groups in total. The number of amides is 2. The summed E-state index contributed by atoms with van der Waals surface area (Å²) in [6.07, 6.45) is 1.74. The van der Waals surface area contributed by atoms with E-state index in [9.17, 15) is 9.59 Å². The van der Waals surface area contributed by atoms with Crippen molar-refractivity contribution in [1.82, 2.24) is 15.5 Å². The third-order valence-electron chi connectivity index (χ3n) is 2.73. The lowest BCUT2D eigenvalue weighted by atomic mass is 10.1. The zero-order chi connectivity index (χ0) is 19.4. The largest absolute Gasteiger partial charge is 0.490 e. The maximum Gasteiger partial charge on any atom is 0.490 e. The summed E-state index contributed by atoms with van der Waals surface area (Å²) in [5.41, 5.74) is 4.91. The van der Waals surface area contributed by atoms with Gasteiger partial charge >= 0.3 is 6.79 Å². The summed E-state index contributed by atoms with van der Waals surface area (Å²) < 4.78 is 0. The topological polar surface area (TPSA) is 105 Å². The number of nitrogens with zero attached hydrogens (tertiary/aromatic N) is 1. The van der Waals surface area contributed by atoms with Gasteiger partial charge in [-0.3, -0.25) is 14.5 Å². The molecule has 0 spiro atoms. The van der Waals surface area contributed by atoms with Crippen LogP contribution in [0.3, 0.4) is 0 Å². The summed E-state index contributed by atoms with van der Waals surface area (Å²) in [5.74, 6) is 0.110. The van der Waals surface area contributed by atoms with Crippen LogP contribution in [0.4, 0.5) is 0 Å².